The van der Waals surface area contributed by atoms with Crippen LogP contribution >= 0.6 is 0 Å². The molecule has 6 aromatic rings. The van der Waals surface area contributed by atoms with Crippen LogP contribution in [0.1, 0.15) is 23.1 Å². The Morgan fingerprint density at radius 2 is 1.29 bits per heavy atom. The maximum Gasteiger partial charge on any atom is 0.0711 e. The summed E-state index contributed by atoms with van der Waals surface area (Å²) in [4.78, 5) is 4.80. The predicted molar refractivity (Wildman–Crippen MR) is 191 cm³/mol. The number of pyridine rings is 1. The molecule has 0 fully saturated rings. The van der Waals surface area contributed by atoms with E-state index in [1.54, 1.807) is 0 Å². The predicted octanol–water partition coefficient (Wildman–Crippen LogP) is 8.38. The molecule has 0 saturated carbocycles. The summed E-state index contributed by atoms with van der Waals surface area (Å²) in [6.07, 6.45) is 9.40. The second-order valence-corrected chi connectivity index (χ2v) is 11.8. The third-order valence-electron chi connectivity index (χ3n) is 8.32. The van der Waals surface area contributed by atoms with Crippen molar-refractivity contribution in [2.45, 2.75) is 25.3 Å². The fourth-order valence-corrected chi connectivity index (χ4v) is 5.88. The number of rotatable bonds is 8. The summed E-state index contributed by atoms with van der Waals surface area (Å²) >= 11 is 0. The molecule has 1 heterocycles. The zero-order chi connectivity index (χ0) is 30.8. The van der Waals surface area contributed by atoms with Crippen LogP contribution in [0.2, 0.25) is 0 Å². The molecule has 1 aliphatic carbocycles. The molecule has 7 rings (SSSR count). The summed E-state index contributed by atoms with van der Waals surface area (Å²) < 4.78 is 0. The number of anilines is 6. The van der Waals surface area contributed by atoms with Gasteiger partial charge in [0, 0.05) is 50.9 Å². The van der Waals surface area contributed by atoms with Gasteiger partial charge in [-0.1, -0.05) is 36.4 Å². The van der Waals surface area contributed by atoms with Gasteiger partial charge in [-0.2, -0.15) is 0 Å². The van der Waals surface area contributed by atoms with Crippen LogP contribution in [0.25, 0.3) is 21.8 Å². The van der Waals surface area contributed by atoms with Crippen LogP contribution < -0.4 is 27.8 Å². The minimum absolute atomic E-state index is 0.224. The Kier molecular flexibility index (Phi) is 7.54. The van der Waals surface area contributed by atoms with Gasteiger partial charge in [0.05, 0.1) is 11.0 Å². The minimum Gasteiger partial charge on any atom is -0.399 e. The molecule has 0 radical (unpaired) electrons. The van der Waals surface area contributed by atoms with Gasteiger partial charge in [-0.3, -0.25) is 0 Å². The summed E-state index contributed by atoms with van der Waals surface area (Å²) in [5.74, 6) is 0. The summed E-state index contributed by atoms with van der Waals surface area (Å²) in [7, 11) is 0. The standard InChI is InChI=1S/C39H36N6/c40-31-6-13-35(14-7-31)43-33-11-3-26(4-12-33)20-28-24-36(15-16-37(28)42)44-34-9-1-25(2-10-34)19-27-5-17-38-29(21-27)22-30-23-32(41)8-18-39(30)45-38/h1-9,11-18,21-24,34,43-44H,10,19-20,40-42H2. The largest absolute Gasteiger partial charge is 0.399 e. The molecule has 0 aliphatic heterocycles. The molecule has 0 spiro atoms. The molecular weight excluding hydrogens is 552 g/mol. The van der Waals surface area contributed by atoms with Gasteiger partial charge in [0.2, 0.25) is 0 Å². The SMILES string of the molecule is Nc1ccc(Nc2ccc(Cc3cc(NC4C=CC(Cc5ccc6nc7ccc(N)cc7cc6c5)=CC4)ccc3N)cc2)cc1. The highest BCUT2D eigenvalue weighted by atomic mass is 14.9. The first-order chi connectivity index (χ1) is 21.9. The molecule has 0 amide bonds. The Labute approximate surface area is 263 Å². The number of nitrogen functional groups attached to an aromatic ring is 3. The zero-order valence-corrected chi connectivity index (χ0v) is 25.0. The van der Waals surface area contributed by atoms with Crippen molar-refractivity contribution in [2.75, 3.05) is 27.8 Å². The summed E-state index contributed by atoms with van der Waals surface area (Å²) in [5, 5.41) is 9.29. The second-order valence-electron chi connectivity index (χ2n) is 11.8. The van der Waals surface area contributed by atoms with E-state index in [1.165, 1.54) is 16.7 Å². The van der Waals surface area contributed by atoms with Crippen molar-refractivity contribution >= 4 is 55.9 Å². The van der Waals surface area contributed by atoms with Crippen molar-refractivity contribution in [3.8, 4) is 0 Å². The maximum absolute atomic E-state index is 6.39. The van der Waals surface area contributed by atoms with E-state index in [-0.39, 0.29) is 6.04 Å². The maximum atomic E-state index is 6.39. The molecule has 8 N–H and O–H groups in total. The van der Waals surface area contributed by atoms with E-state index in [0.717, 1.165) is 80.8 Å². The lowest BCUT2D eigenvalue weighted by Crippen LogP contribution is -2.18. The van der Waals surface area contributed by atoms with Gasteiger partial charge in [-0.05, 0) is 133 Å². The van der Waals surface area contributed by atoms with Gasteiger partial charge in [0.1, 0.15) is 0 Å². The second kappa shape index (κ2) is 12.1. The molecule has 45 heavy (non-hydrogen) atoms. The number of fused-ring (bicyclic) bond motifs is 2. The molecule has 1 unspecified atom stereocenters. The number of nitrogens with zero attached hydrogens (tertiary/aromatic N) is 1. The topological polar surface area (TPSA) is 115 Å². The first kappa shape index (κ1) is 28.0. The fraction of sp³-hybridized carbons (Fsp3) is 0.103. The highest BCUT2D eigenvalue weighted by molar-refractivity contribution is 5.94. The van der Waals surface area contributed by atoms with E-state index < -0.39 is 0 Å². The normalized spacial score (nSPS) is 14.4. The molecule has 6 nitrogen and oxygen atoms in total. The van der Waals surface area contributed by atoms with Crippen molar-refractivity contribution in [3.05, 3.63) is 150 Å². The highest BCUT2D eigenvalue weighted by Crippen LogP contribution is 2.27. The Hall–Kier alpha value is -5.75. The monoisotopic (exact) mass is 588 g/mol. The average molecular weight is 589 g/mol. The van der Waals surface area contributed by atoms with Gasteiger partial charge in [0.25, 0.3) is 0 Å². The first-order valence-electron chi connectivity index (χ1n) is 15.3. The molecule has 1 atom stereocenters. The van der Waals surface area contributed by atoms with Crippen molar-refractivity contribution < 1.29 is 0 Å². The van der Waals surface area contributed by atoms with Crippen LogP contribution in [0.3, 0.4) is 0 Å². The van der Waals surface area contributed by atoms with E-state index >= 15 is 0 Å². The summed E-state index contributed by atoms with van der Waals surface area (Å²) in [5.41, 5.74) is 30.5. The number of allylic oxidation sites excluding steroid dienone is 2. The molecule has 1 aromatic heterocycles. The van der Waals surface area contributed by atoms with Crippen molar-refractivity contribution in [3.63, 3.8) is 0 Å². The number of hydrogen-bond donors (Lipinski definition) is 5. The summed E-state index contributed by atoms with van der Waals surface area (Å²) in [6, 6.07) is 37.2. The van der Waals surface area contributed by atoms with E-state index in [1.807, 2.05) is 48.5 Å². The number of hydrogen-bond acceptors (Lipinski definition) is 6. The Morgan fingerprint density at radius 1 is 0.622 bits per heavy atom. The van der Waals surface area contributed by atoms with E-state index in [4.69, 9.17) is 22.2 Å². The Balaban J connectivity index is 0.969. The van der Waals surface area contributed by atoms with Crippen molar-refractivity contribution in [1.82, 2.24) is 4.98 Å². The van der Waals surface area contributed by atoms with Gasteiger partial charge in [-0.25, -0.2) is 4.98 Å². The number of nitrogens with one attached hydrogen (secondary N) is 2. The van der Waals surface area contributed by atoms with Crippen LogP contribution in [-0.4, -0.2) is 11.0 Å². The molecule has 0 bridgehead atoms. The van der Waals surface area contributed by atoms with Crippen LogP contribution in [0, 0.1) is 0 Å². The number of nitrogens with two attached hydrogens (primary N) is 3. The Morgan fingerprint density at radius 3 is 2.04 bits per heavy atom. The van der Waals surface area contributed by atoms with E-state index in [2.05, 4.69) is 89.5 Å². The lowest BCUT2D eigenvalue weighted by molar-refractivity contribution is 0.866. The van der Waals surface area contributed by atoms with Gasteiger partial charge >= 0.3 is 0 Å². The molecular formula is C39H36N6. The van der Waals surface area contributed by atoms with Gasteiger partial charge in [0.15, 0.2) is 0 Å². The molecule has 5 aromatic carbocycles. The third kappa shape index (κ3) is 6.60. The smallest absolute Gasteiger partial charge is 0.0711 e. The van der Waals surface area contributed by atoms with Crippen LogP contribution in [0.15, 0.2) is 133 Å². The van der Waals surface area contributed by atoms with Crippen LogP contribution in [0.4, 0.5) is 34.1 Å². The van der Waals surface area contributed by atoms with Gasteiger partial charge in [-0.15, -0.1) is 0 Å². The van der Waals surface area contributed by atoms with E-state index in [9.17, 15) is 0 Å². The van der Waals surface area contributed by atoms with Crippen LogP contribution in [0.5, 0.6) is 0 Å². The fourth-order valence-electron chi connectivity index (χ4n) is 5.88. The van der Waals surface area contributed by atoms with E-state index in [0.29, 0.717) is 0 Å². The molecule has 0 saturated heterocycles. The van der Waals surface area contributed by atoms with Crippen LogP contribution in [-0.2, 0) is 12.8 Å². The average Bonchev–Trinajstić information content (AvgIpc) is 3.04. The number of aromatic nitrogens is 1. The lowest BCUT2D eigenvalue weighted by atomic mass is 9.96. The minimum atomic E-state index is 0.224. The number of benzene rings is 5. The zero-order valence-electron chi connectivity index (χ0n) is 25.0. The third-order valence-corrected chi connectivity index (χ3v) is 8.32. The quantitative estimate of drug-likeness (QED) is 0.0901. The highest BCUT2D eigenvalue weighted by Gasteiger charge is 2.12. The van der Waals surface area contributed by atoms with Gasteiger partial charge < -0.3 is 27.8 Å². The van der Waals surface area contributed by atoms with Crippen molar-refractivity contribution in [2.24, 2.45) is 0 Å². The first-order valence-corrected chi connectivity index (χ1v) is 15.3. The van der Waals surface area contributed by atoms with Crippen molar-refractivity contribution in [1.29, 1.82) is 0 Å². The lowest BCUT2D eigenvalue weighted by Gasteiger charge is -2.20. The Bertz CT molecular complexity index is 2060. The molecule has 222 valence electrons. The summed E-state index contributed by atoms with van der Waals surface area (Å²) in [6.45, 7) is 0. The molecule has 1 aliphatic rings. The molecule has 6 heteroatoms.